The topological polar surface area (TPSA) is 94.3 Å². The predicted molar refractivity (Wildman–Crippen MR) is 130 cm³/mol. The molecule has 0 spiro atoms. The zero-order valence-electron chi connectivity index (χ0n) is 18.8. The molecule has 2 aliphatic rings. The lowest BCUT2D eigenvalue weighted by Gasteiger charge is -2.31. The summed E-state index contributed by atoms with van der Waals surface area (Å²) in [4.78, 5) is 26.6. The van der Waals surface area contributed by atoms with Crippen LogP contribution in [-0.2, 0) is 18.6 Å². The van der Waals surface area contributed by atoms with E-state index in [9.17, 15) is 4.79 Å². The van der Waals surface area contributed by atoms with Gasteiger partial charge in [-0.3, -0.25) is 9.79 Å². The number of benzene rings is 1. The molecule has 2 aliphatic heterocycles. The average molecular weight is 452 g/mol. The van der Waals surface area contributed by atoms with Crippen LogP contribution in [0, 0.1) is 0 Å². The minimum absolute atomic E-state index is 0.135. The number of piperidine rings is 1. The van der Waals surface area contributed by atoms with Crippen LogP contribution < -0.4 is 16.2 Å². The Bertz CT molecular complexity index is 1260. The fourth-order valence-corrected chi connectivity index (χ4v) is 5.99. The predicted octanol–water partition coefficient (Wildman–Crippen LogP) is 2.98. The SMILES string of the molecule is CCn1c(N2CCCC(N)C2)nc2cnn(CC3=NC(C)(C)c4ccccc4S3)c(=O)c21. The molecule has 0 amide bonds. The summed E-state index contributed by atoms with van der Waals surface area (Å²) in [6.45, 7) is 8.91. The first-order valence-corrected chi connectivity index (χ1v) is 12.0. The summed E-state index contributed by atoms with van der Waals surface area (Å²) in [6.07, 6.45) is 3.75. The Hall–Kier alpha value is -2.65. The van der Waals surface area contributed by atoms with Gasteiger partial charge in [-0.05, 0) is 45.2 Å². The second kappa shape index (κ2) is 8.04. The monoisotopic (exact) mass is 451 g/mol. The van der Waals surface area contributed by atoms with Crippen molar-refractivity contribution in [3.8, 4) is 0 Å². The summed E-state index contributed by atoms with van der Waals surface area (Å²) in [6, 6.07) is 8.44. The van der Waals surface area contributed by atoms with Gasteiger partial charge in [-0.1, -0.05) is 30.0 Å². The summed E-state index contributed by atoms with van der Waals surface area (Å²) >= 11 is 1.61. The summed E-state index contributed by atoms with van der Waals surface area (Å²) in [5, 5.41) is 5.33. The Morgan fingerprint density at radius 3 is 2.88 bits per heavy atom. The van der Waals surface area contributed by atoms with Gasteiger partial charge in [-0.2, -0.15) is 5.10 Å². The lowest BCUT2D eigenvalue weighted by molar-refractivity contribution is 0.494. The first-order valence-electron chi connectivity index (χ1n) is 11.2. The number of aliphatic imine (C=N–C) groups is 1. The molecule has 0 saturated carbocycles. The molecule has 8 nitrogen and oxygen atoms in total. The number of fused-ring (bicyclic) bond motifs is 2. The number of thioether (sulfide) groups is 1. The van der Waals surface area contributed by atoms with E-state index < -0.39 is 0 Å². The van der Waals surface area contributed by atoms with Gasteiger partial charge in [0.1, 0.15) is 11.0 Å². The lowest BCUT2D eigenvalue weighted by Crippen LogP contribution is -2.44. The van der Waals surface area contributed by atoms with E-state index >= 15 is 0 Å². The van der Waals surface area contributed by atoms with Crippen molar-refractivity contribution in [2.75, 3.05) is 18.0 Å². The quantitative estimate of drug-likeness (QED) is 0.655. The second-order valence-electron chi connectivity index (χ2n) is 9.01. The molecule has 1 saturated heterocycles. The number of hydrogen-bond donors (Lipinski definition) is 1. The van der Waals surface area contributed by atoms with Gasteiger partial charge in [0.2, 0.25) is 5.95 Å². The Morgan fingerprint density at radius 2 is 2.09 bits per heavy atom. The summed E-state index contributed by atoms with van der Waals surface area (Å²) in [5.41, 5.74) is 8.15. The van der Waals surface area contributed by atoms with E-state index in [1.807, 2.05) is 23.6 Å². The van der Waals surface area contributed by atoms with Crippen molar-refractivity contribution in [1.29, 1.82) is 0 Å². The summed E-state index contributed by atoms with van der Waals surface area (Å²) < 4.78 is 3.51. The highest BCUT2D eigenvalue weighted by Crippen LogP contribution is 2.39. The molecule has 3 aromatic rings. The van der Waals surface area contributed by atoms with Gasteiger partial charge < -0.3 is 15.2 Å². The molecule has 1 fully saturated rings. The molecule has 0 bridgehead atoms. The molecule has 168 valence electrons. The minimum Gasteiger partial charge on any atom is -0.341 e. The third-order valence-corrected chi connectivity index (χ3v) is 7.28. The van der Waals surface area contributed by atoms with Gasteiger partial charge >= 0.3 is 0 Å². The maximum atomic E-state index is 13.5. The molecule has 0 radical (unpaired) electrons. The van der Waals surface area contributed by atoms with E-state index in [4.69, 9.17) is 15.7 Å². The molecule has 5 rings (SSSR count). The Labute approximate surface area is 191 Å². The van der Waals surface area contributed by atoms with Gasteiger partial charge in [-0.25, -0.2) is 9.67 Å². The fraction of sp³-hybridized carbons (Fsp3) is 0.478. The standard InChI is InChI=1S/C23H29N7OS/c1-4-29-20-17(26-22(29)28-11-7-8-15(24)13-28)12-25-30(21(20)31)14-19-27-23(2,3)16-9-5-6-10-18(16)32-19/h5-6,9-10,12,15H,4,7-8,11,13-14,24H2,1-3H3. The molecule has 2 N–H and O–H groups in total. The maximum absolute atomic E-state index is 13.5. The van der Waals surface area contributed by atoms with Crippen molar-refractivity contribution in [2.45, 2.75) is 63.2 Å². The number of nitrogens with zero attached hydrogens (tertiary/aromatic N) is 6. The third kappa shape index (κ3) is 3.63. The molecular formula is C23H29N7OS. The van der Waals surface area contributed by atoms with Crippen molar-refractivity contribution >= 4 is 33.8 Å². The first-order chi connectivity index (χ1) is 15.4. The highest BCUT2D eigenvalue weighted by atomic mass is 32.2. The van der Waals surface area contributed by atoms with Gasteiger partial charge in [0.15, 0.2) is 0 Å². The van der Waals surface area contributed by atoms with Crippen LogP contribution in [-0.4, -0.2) is 43.5 Å². The maximum Gasteiger partial charge on any atom is 0.293 e. The number of aryl methyl sites for hydroxylation is 1. The molecule has 32 heavy (non-hydrogen) atoms. The largest absolute Gasteiger partial charge is 0.341 e. The Balaban J connectivity index is 1.52. The average Bonchev–Trinajstić information content (AvgIpc) is 3.15. The third-order valence-electron chi connectivity index (χ3n) is 6.25. The first kappa shape index (κ1) is 21.2. The van der Waals surface area contributed by atoms with Crippen molar-refractivity contribution in [1.82, 2.24) is 19.3 Å². The van der Waals surface area contributed by atoms with E-state index in [0.29, 0.717) is 24.1 Å². The van der Waals surface area contributed by atoms with E-state index in [0.717, 1.165) is 36.9 Å². The van der Waals surface area contributed by atoms with E-state index in [2.05, 4.69) is 36.0 Å². The zero-order valence-corrected chi connectivity index (χ0v) is 19.6. The van der Waals surface area contributed by atoms with Crippen LogP contribution in [0.1, 0.15) is 39.2 Å². The number of nitrogens with two attached hydrogens (primary N) is 1. The summed E-state index contributed by atoms with van der Waals surface area (Å²) in [7, 11) is 0. The van der Waals surface area contributed by atoms with Crippen LogP contribution >= 0.6 is 11.8 Å². The number of hydrogen-bond acceptors (Lipinski definition) is 7. The molecule has 1 aromatic carbocycles. The smallest absolute Gasteiger partial charge is 0.293 e. The van der Waals surface area contributed by atoms with Crippen molar-refractivity contribution in [3.63, 3.8) is 0 Å². The normalized spacial score (nSPS) is 20.3. The molecular weight excluding hydrogens is 422 g/mol. The number of rotatable bonds is 4. The van der Waals surface area contributed by atoms with Gasteiger partial charge in [0.25, 0.3) is 5.56 Å². The van der Waals surface area contributed by atoms with Gasteiger partial charge in [0.05, 0.1) is 23.3 Å². The molecule has 0 aliphatic carbocycles. The molecule has 4 heterocycles. The van der Waals surface area contributed by atoms with E-state index in [1.165, 1.54) is 15.1 Å². The highest BCUT2D eigenvalue weighted by Gasteiger charge is 2.29. The number of imidazole rings is 1. The van der Waals surface area contributed by atoms with Crippen molar-refractivity contribution in [2.24, 2.45) is 10.7 Å². The van der Waals surface area contributed by atoms with Crippen LogP contribution in [0.15, 0.2) is 45.1 Å². The van der Waals surface area contributed by atoms with Crippen molar-refractivity contribution < 1.29 is 0 Å². The second-order valence-corrected chi connectivity index (χ2v) is 10.1. The lowest BCUT2D eigenvalue weighted by atomic mass is 9.95. The van der Waals surface area contributed by atoms with Gasteiger partial charge in [-0.15, -0.1) is 0 Å². The molecule has 1 atom stereocenters. The van der Waals surface area contributed by atoms with E-state index in [-0.39, 0.29) is 17.1 Å². The summed E-state index contributed by atoms with van der Waals surface area (Å²) in [5.74, 6) is 0.814. The van der Waals surface area contributed by atoms with Gasteiger partial charge in [0, 0.05) is 30.6 Å². The number of aromatic nitrogens is 4. The van der Waals surface area contributed by atoms with E-state index in [1.54, 1.807) is 18.0 Å². The zero-order chi connectivity index (χ0) is 22.5. The van der Waals surface area contributed by atoms with Crippen LogP contribution in [0.4, 0.5) is 5.95 Å². The Kier molecular flexibility index (Phi) is 5.33. The molecule has 9 heteroatoms. The highest BCUT2D eigenvalue weighted by molar-refractivity contribution is 8.14. The number of anilines is 1. The van der Waals surface area contributed by atoms with Crippen LogP contribution in [0.2, 0.25) is 0 Å². The fourth-order valence-electron chi connectivity index (χ4n) is 4.70. The van der Waals surface area contributed by atoms with Crippen LogP contribution in [0.5, 0.6) is 0 Å². The van der Waals surface area contributed by atoms with Crippen LogP contribution in [0.3, 0.4) is 0 Å². The molecule has 1 unspecified atom stereocenters. The van der Waals surface area contributed by atoms with Crippen molar-refractivity contribution in [3.05, 3.63) is 46.4 Å². The van der Waals surface area contributed by atoms with Crippen LogP contribution in [0.25, 0.3) is 11.0 Å². The minimum atomic E-state index is -0.337. The molecule has 2 aromatic heterocycles. The Morgan fingerprint density at radius 1 is 1.28 bits per heavy atom.